The summed E-state index contributed by atoms with van der Waals surface area (Å²) >= 11 is 0. The highest BCUT2D eigenvalue weighted by Gasteiger charge is 2.44. The quantitative estimate of drug-likeness (QED) is 0.322. The molecule has 0 heterocycles. The number of nitrogens with one attached hydrogen (secondary N) is 3. The van der Waals surface area contributed by atoms with Crippen LogP contribution in [0.4, 0.5) is 0 Å². The molecule has 6 saturated carbocycles. The second kappa shape index (κ2) is 11.3. The van der Waals surface area contributed by atoms with E-state index in [-0.39, 0.29) is 35.8 Å². The monoisotopic (exact) mass is 573 g/mol. The van der Waals surface area contributed by atoms with Crippen molar-refractivity contribution in [3.63, 3.8) is 0 Å². The highest BCUT2D eigenvalue weighted by Crippen LogP contribution is 2.51. The van der Waals surface area contributed by atoms with Gasteiger partial charge in [-0.2, -0.15) is 0 Å². The summed E-state index contributed by atoms with van der Waals surface area (Å²) in [7, 11) is 0. The molecule has 6 aliphatic rings. The Morgan fingerprint density at radius 2 is 0.786 bits per heavy atom. The van der Waals surface area contributed by atoms with E-state index in [1.807, 2.05) is 0 Å². The SMILES string of the molecule is C[C@H](NC(=O)c1cc(C(=O)N[C@H](C)[C@@H]2C[C@H]3CC[C@H]2C3)cc(C(=O)N[C@H](C)[C@H]2C[C@H]3CC[C@H]2C3)c1)[C@H]1C[C@H]2CC[C@H]1C2. The lowest BCUT2D eigenvalue weighted by Gasteiger charge is -2.29. The molecule has 3 N–H and O–H groups in total. The average molecular weight is 574 g/mol. The van der Waals surface area contributed by atoms with E-state index in [1.54, 1.807) is 18.2 Å². The first kappa shape index (κ1) is 28.4. The van der Waals surface area contributed by atoms with E-state index < -0.39 is 0 Å². The van der Waals surface area contributed by atoms with Gasteiger partial charge in [-0.3, -0.25) is 14.4 Å². The molecule has 6 fully saturated rings. The number of fused-ring (bicyclic) bond motifs is 6. The van der Waals surface area contributed by atoms with Crippen molar-refractivity contribution in [1.82, 2.24) is 16.0 Å². The Labute approximate surface area is 251 Å². The third-order valence-electron chi connectivity index (χ3n) is 13.1. The number of carbonyl (C=O) groups is 3. The molecule has 6 aliphatic carbocycles. The van der Waals surface area contributed by atoms with Crippen molar-refractivity contribution in [3.8, 4) is 0 Å². The first-order valence-electron chi connectivity index (χ1n) is 17.3. The van der Waals surface area contributed by atoms with Crippen molar-refractivity contribution in [2.75, 3.05) is 0 Å². The largest absolute Gasteiger partial charge is 0.349 e. The van der Waals surface area contributed by atoms with Gasteiger partial charge in [-0.1, -0.05) is 19.3 Å². The standard InChI is InChI=1S/C36H51N3O3/c1-19(31-13-22-4-7-25(31)10-22)37-34(40)28-16-29(35(41)38-20(2)32-14-23-5-8-26(32)11-23)18-30(17-28)36(42)39-21(3)33-15-24-6-9-27(33)12-24/h16-27,31-33H,4-15H2,1-3H3,(H,37,40)(H,38,41)(H,39,42)/t19-,20-,21+,22+,23+,24+,25+,26+,27+,31-,32+,33-/m1/s1. The van der Waals surface area contributed by atoms with Crippen molar-refractivity contribution >= 4 is 17.7 Å². The predicted octanol–water partition coefficient (Wildman–Crippen LogP) is 6.35. The summed E-state index contributed by atoms with van der Waals surface area (Å²) < 4.78 is 0. The number of hydrogen-bond donors (Lipinski definition) is 3. The van der Waals surface area contributed by atoms with E-state index in [0.717, 1.165) is 17.8 Å². The van der Waals surface area contributed by atoms with Crippen molar-refractivity contribution in [2.45, 2.75) is 116 Å². The highest BCUT2D eigenvalue weighted by molar-refractivity contribution is 6.04. The Balaban J connectivity index is 1.08. The minimum absolute atomic E-state index is 0.0816. The fourth-order valence-electron chi connectivity index (χ4n) is 10.9. The van der Waals surface area contributed by atoms with E-state index in [4.69, 9.17) is 0 Å². The van der Waals surface area contributed by atoms with Crippen LogP contribution in [0.25, 0.3) is 0 Å². The molecular weight excluding hydrogens is 522 g/mol. The third-order valence-corrected chi connectivity index (χ3v) is 13.1. The Hall–Kier alpha value is -2.37. The average Bonchev–Trinajstić information content (AvgIpc) is 3.84. The summed E-state index contributed by atoms with van der Waals surface area (Å²) in [6.07, 6.45) is 15.3. The van der Waals surface area contributed by atoms with Crippen LogP contribution < -0.4 is 16.0 Å². The molecule has 7 rings (SSSR count). The van der Waals surface area contributed by atoms with Gasteiger partial charge in [0.15, 0.2) is 0 Å². The van der Waals surface area contributed by atoms with Crippen LogP contribution in [0.3, 0.4) is 0 Å². The van der Waals surface area contributed by atoms with Crippen LogP contribution >= 0.6 is 0 Å². The van der Waals surface area contributed by atoms with Crippen LogP contribution in [0.15, 0.2) is 18.2 Å². The van der Waals surface area contributed by atoms with Crippen LogP contribution in [0, 0.1) is 53.3 Å². The Morgan fingerprint density at radius 3 is 1.00 bits per heavy atom. The summed E-state index contributed by atoms with van der Waals surface area (Å²) in [5.74, 6) is 5.59. The van der Waals surface area contributed by atoms with Gasteiger partial charge in [-0.05, 0) is 150 Å². The maximum Gasteiger partial charge on any atom is 0.251 e. The second-order valence-electron chi connectivity index (χ2n) is 15.6. The molecule has 0 radical (unpaired) electrons. The lowest BCUT2D eigenvalue weighted by Crippen LogP contribution is -2.42. The van der Waals surface area contributed by atoms with Gasteiger partial charge in [0.1, 0.15) is 0 Å². The molecular formula is C36H51N3O3. The van der Waals surface area contributed by atoms with Gasteiger partial charge < -0.3 is 16.0 Å². The summed E-state index contributed by atoms with van der Waals surface area (Å²) in [6.45, 7) is 6.38. The fourth-order valence-corrected chi connectivity index (χ4v) is 10.9. The number of amides is 3. The van der Waals surface area contributed by atoms with Crippen LogP contribution in [0.1, 0.15) is 129 Å². The Bertz CT molecular complexity index is 1070. The molecule has 0 aromatic heterocycles. The maximum atomic E-state index is 13.6. The van der Waals surface area contributed by atoms with E-state index in [1.165, 1.54) is 77.0 Å². The molecule has 3 amide bonds. The Morgan fingerprint density at radius 1 is 0.500 bits per heavy atom. The smallest absolute Gasteiger partial charge is 0.251 e. The minimum atomic E-state index is -0.184. The summed E-state index contributed by atoms with van der Waals surface area (Å²) in [6, 6.07) is 5.33. The van der Waals surface area contributed by atoms with Gasteiger partial charge in [0, 0.05) is 34.8 Å². The van der Waals surface area contributed by atoms with Gasteiger partial charge in [0.2, 0.25) is 0 Å². The lowest BCUT2D eigenvalue weighted by molar-refractivity contribution is 0.0914. The van der Waals surface area contributed by atoms with Gasteiger partial charge in [-0.15, -0.1) is 0 Å². The zero-order valence-corrected chi connectivity index (χ0v) is 25.9. The summed E-state index contributed by atoms with van der Waals surface area (Å²) in [5.41, 5.74) is 1.22. The van der Waals surface area contributed by atoms with Crippen LogP contribution in [-0.4, -0.2) is 35.8 Å². The zero-order chi connectivity index (χ0) is 29.1. The topological polar surface area (TPSA) is 87.3 Å². The molecule has 0 unspecified atom stereocenters. The molecule has 6 bridgehead atoms. The zero-order valence-electron chi connectivity index (χ0n) is 25.9. The maximum absolute atomic E-state index is 13.6. The molecule has 1 aromatic carbocycles. The highest BCUT2D eigenvalue weighted by atomic mass is 16.2. The molecule has 0 spiro atoms. The van der Waals surface area contributed by atoms with E-state index in [9.17, 15) is 14.4 Å². The molecule has 0 aliphatic heterocycles. The summed E-state index contributed by atoms with van der Waals surface area (Å²) in [4.78, 5) is 40.9. The molecule has 228 valence electrons. The third kappa shape index (κ3) is 5.41. The van der Waals surface area contributed by atoms with Gasteiger partial charge in [0.05, 0.1) is 0 Å². The van der Waals surface area contributed by atoms with Crippen molar-refractivity contribution in [3.05, 3.63) is 34.9 Å². The normalized spacial score (nSPS) is 37.9. The Kier molecular flexibility index (Phi) is 7.63. The molecule has 42 heavy (non-hydrogen) atoms. The fraction of sp³-hybridized carbons (Fsp3) is 0.750. The van der Waals surface area contributed by atoms with Crippen molar-refractivity contribution in [2.24, 2.45) is 53.3 Å². The van der Waals surface area contributed by atoms with Gasteiger partial charge >= 0.3 is 0 Å². The van der Waals surface area contributed by atoms with Crippen LogP contribution in [0.2, 0.25) is 0 Å². The predicted molar refractivity (Wildman–Crippen MR) is 164 cm³/mol. The van der Waals surface area contributed by atoms with Crippen molar-refractivity contribution < 1.29 is 14.4 Å². The number of rotatable bonds is 9. The lowest BCUT2D eigenvalue weighted by atomic mass is 9.83. The van der Waals surface area contributed by atoms with Crippen LogP contribution in [0.5, 0.6) is 0 Å². The van der Waals surface area contributed by atoms with Crippen LogP contribution in [-0.2, 0) is 0 Å². The van der Waals surface area contributed by atoms with E-state index in [0.29, 0.717) is 52.2 Å². The van der Waals surface area contributed by atoms with Crippen molar-refractivity contribution in [1.29, 1.82) is 0 Å². The van der Waals surface area contributed by atoms with Gasteiger partial charge in [0.25, 0.3) is 17.7 Å². The van der Waals surface area contributed by atoms with E-state index >= 15 is 0 Å². The molecule has 6 nitrogen and oxygen atoms in total. The molecule has 0 saturated heterocycles. The first-order chi connectivity index (χ1) is 20.2. The molecule has 1 aromatic rings. The molecule has 12 atom stereocenters. The minimum Gasteiger partial charge on any atom is -0.349 e. The first-order valence-corrected chi connectivity index (χ1v) is 17.3. The second-order valence-corrected chi connectivity index (χ2v) is 15.6. The summed E-state index contributed by atoms with van der Waals surface area (Å²) in [5, 5.41) is 9.78. The van der Waals surface area contributed by atoms with E-state index in [2.05, 4.69) is 36.7 Å². The number of carbonyl (C=O) groups excluding carboxylic acids is 3. The van der Waals surface area contributed by atoms with Gasteiger partial charge in [-0.25, -0.2) is 0 Å². The number of benzene rings is 1. The number of hydrogen-bond acceptors (Lipinski definition) is 3. The molecule has 6 heteroatoms.